The van der Waals surface area contributed by atoms with Gasteiger partial charge in [-0.3, -0.25) is 86.8 Å². The summed E-state index contributed by atoms with van der Waals surface area (Å²) in [5.41, 5.74) is 23.2. The number of aliphatic imine (C=N–C) groups is 2. The fourth-order valence-corrected chi connectivity index (χ4v) is 12.9. The van der Waals surface area contributed by atoms with Crippen molar-refractivity contribution in [1.29, 1.82) is 0 Å². The predicted molar refractivity (Wildman–Crippen MR) is 424 cm³/mol. The van der Waals surface area contributed by atoms with Gasteiger partial charge in [0.25, 0.3) is 0 Å². The highest BCUT2D eigenvalue weighted by molar-refractivity contribution is 6.00. The standard InChI is InChI=1S/C75H119N23O17/c1-4-95-33-35-96(5-2)37-39-98(40-38-97(6-3)36-34-95)47-62(102)86-54(65(107)81-30-16-14-24-53-69(111)90-51(26-18-32-83-75(78)79)67(109)85-46-61(101)88-58(44-64(105)106)73(115)94-56(71(113)92-53)42-49-21-11-8-12-22-49)27-28-59(99)80-29-15-13-23-52-68(110)89-50(25-17-31-82-74(76)77)66(108)84-45-60(100)87-57(43-63(103)104)72(114)93-55(70(112)91-52)41-48-19-9-7-10-20-48/h7-12,19-22,50-58H,4-6,13-18,23-47H2,1-3H3,(H,80,99)(H,81,107)(H,84,108)(H,85,109)(H,86,102)(H,87,100)(H,88,101)(H,89,110)(H,90,111)(H,91,112)(H,92,113)(H,93,114)(H,94,115)(H,103,104)(H,105,106)(H4,76,77,82)(H4,78,79,83)/t50-,51-,52?,53-,54?,55+,56+,57-,58-/m0/s1. The molecule has 0 bridgehead atoms. The normalized spacial score (nSPS) is 21.9. The number of hydrogen-bond acceptors (Lipinski definition) is 21. The summed E-state index contributed by atoms with van der Waals surface area (Å²) >= 11 is 0. The predicted octanol–water partition coefficient (Wildman–Crippen LogP) is -6.21. The highest BCUT2D eigenvalue weighted by Crippen LogP contribution is 2.14. The number of hydrogen-bond donors (Lipinski definition) is 19. The van der Waals surface area contributed by atoms with Crippen LogP contribution in [0.1, 0.15) is 122 Å². The molecule has 5 rings (SSSR count). The minimum Gasteiger partial charge on any atom is -0.481 e. The van der Waals surface area contributed by atoms with Gasteiger partial charge in [-0.1, -0.05) is 81.4 Å². The number of benzene rings is 2. The van der Waals surface area contributed by atoms with Gasteiger partial charge in [0.15, 0.2) is 11.9 Å². The lowest BCUT2D eigenvalue weighted by Crippen LogP contribution is -2.58. The number of nitrogens with zero attached hydrogens (tertiary/aromatic N) is 6. The Morgan fingerprint density at radius 2 is 0.765 bits per heavy atom. The lowest BCUT2D eigenvalue weighted by molar-refractivity contribution is -0.141. The molecule has 0 aromatic heterocycles. The second-order valence-electron chi connectivity index (χ2n) is 28.4. The van der Waals surface area contributed by atoms with Crippen molar-refractivity contribution >= 4 is 101 Å². The van der Waals surface area contributed by atoms with E-state index < -0.39 is 169 Å². The molecule has 0 aliphatic carbocycles. The molecule has 2 aromatic rings. The van der Waals surface area contributed by atoms with Crippen molar-refractivity contribution in [2.45, 2.75) is 178 Å². The third-order valence-electron chi connectivity index (χ3n) is 19.6. The Kier molecular flexibility index (Phi) is 42.4. The molecule has 636 valence electrons. The molecule has 3 saturated heterocycles. The van der Waals surface area contributed by atoms with Crippen LogP contribution in [0.4, 0.5) is 0 Å². The third-order valence-corrected chi connectivity index (χ3v) is 19.6. The number of carboxylic acids is 2. The van der Waals surface area contributed by atoms with E-state index in [0.717, 1.165) is 45.8 Å². The number of nitrogens with one attached hydrogen (secondary N) is 13. The number of guanidine groups is 2. The molecule has 9 atom stereocenters. The summed E-state index contributed by atoms with van der Waals surface area (Å²) < 4.78 is 0. The van der Waals surface area contributed by atoms with Crippen LogP contribution in [0.25, 0.3) is 0 Å². The minimum absolute atomic E-state index is 0.00859. The fraction of sp³-hybridized carbons (Fsp3) is 0.613. The first-order chi connectivity index (χ1) is 55.0. The van der Waals surface area contributed by atoms with E-state index in [-0.39, 0.29) is 135 Å². The topological polar surface area (TPSA) is 595 Å². The number of nitrogens with two attached hydrogens (primary N) is 4. The first kappa shape index (κ1) is 94.5. The highest BCUT2D eigenvalue weighted by Gasteiger charge is 2.37. The molecule has 0 spiro atoms. The van der Waals surface area contributed by atoms with Crippen LogP contribution in [0, 0.1) is 0 Å². The van der Waals surface area contributed by atoms with Gasteiger partial charge in [-0.05, 0) is 101 Å². The van der Waals surface area contributed by atoms with Crippen LogP contribution in [0.5, 0.6) is 0 Å². The van der Waals surface area contributed by atoms with E-state index in [4.69, 9.17) is 22.9 Å². The number of likely N-dealkylation sites (N-methyl/N-ethyl adjacent to an activating group) is 3. The van der Waals surface area contributed by atoms with Gasteiger partial charge in [-0.25, -0.2) is 0 Å². The summed E-state index contributed by atoms with van der Waals surface area (Å²) in [6.45, 7) is 13.1. The Morgan fingerprint density at radius 1 is 0.426 bits per heavy atom. The molecular weight excluding hydrogens is 1490 g/mol. The van der Waals surface area contributed by atoms with E-state index >= 15 is 0 Å². The van der Waals surface area contributed by atoms with Crippen LogP contribution >= 0.6 is 0 Å². The first-order valence-corrected chi connectivity index (χ1v) is 39.3. The second-order valence-corrected chi connectivity index (χ2v) is 28.4. The Labute approximate surface area is 669 Å². The zero-order valence-corrected chi connectivity index (χ0v) is 66.0. The van der Waals surface area contributed by atoms with Gasteiger partial charge >= 0.3 is 11.9 Å². The number of carbonyl (C=O) groups is 15. The van der Waals surface area contributed by atoms with Gasteiger partial charge in [0, 0.05) is 97.8 Å². The van der Waals surface area contributed by atoms with E-state index in [0.29, 0.717) is 37.3 Å². The van der Waals surface area contributed by atoms with Crippen LogP contribution in [0.2, 0.25) is 0 Å². The van der Waals surface area contributed by atoms with Gasteiger partial charge in [0.05, 0.1) is 32.5 Å². The zero-order chi connectivity index (χ0) is 84.2. The van der Waals surface area contributed by atoms with Crippen LogP contribution in [0.15, 0.2) is 70.6 Å². The Morgan fingerprint density at radius 3 is 1.14 bits per heavy atom. The van der Waals surface area contributed by atoms with Gasteiger partial charge in [0.2, 0.25) is 76.8 Å². The number of aliphatic carboxylic acids is 2. The van der Waals surface area contributed by atoms with E-state index in [1.165, 1.54) is 0 Å². The molecule has 0 radical (unpaired) electrons. The van der Waals surface area contributed by atoms with Crippen molar-refractivity contribution in [3.63, 3.8) is 0 Å². The van der Waals surface area contributed by atoms with Crippen molar-refractivity contribution < 1.29 is 82.1 Å². The highest BCUT2D eigenvalue weighted by atomic mass is 16.4. The maximum atomic E-state index is 14.5. The van der Waals surface area contributed by atoms with E-state index in [1.807, 2.05) is 4.90 Å². The molecule has 3 aliphatic rings. The maximum absolute atomic E-state index is 14.5. The van der Waals surface area contributed by atoms with Crippen molar-refractivity contribution in [3.8, 4) is 0 Å². The second kappa shape index (κ2) is 51.6. The van der Waals surface area contributed by atoms with Crippen molar-refractivity contribution in [2.75, 3.05) is 118 Å². The van der Waals surface area contributed by atoms with Gasteiger partial charge < -0.3 is 117 Å². The molecule has 13 amide bonds. The fourth-order valence-electron chi connectivity index (χ4n) is 12.9. The molecule has 3 aliphatic heterocycles. The SMILES string of the molecule is CCN1CCN(CC)CCN(CC(=O)NC(CCC(=O)NCCCCC2NC(=O)[C@@H](Cc3ccccc3)NC(=O)[C@H](CC(=O)O)NC(=O)CNC(=O)[C@H](CCCN=C(N)N)NC2=O)C(=O)NCCCC[C@@H]2NC(=O)[C@@H](Cc3ccccc3)NC(=O)[C@H](CC(=O)O)NC(=O)CNC(=O)[C@H](CCCN=C(N)N)NC2=O)CCN(CC)CC1. The van der Waals surface area contributed by atoms with Gasteiger partial charge in [-0.15, -0.1) is 0 Å². The quantitative estimate of drug-likeness (QED) is 0.0171. The van der Waals surface area contributed by atoms with Crippen LogP contribution in [-0.4, -0.2) is 303 Å². The number of rotatable bonds is 36. The lowest BCUT2D eigenvalue weighted by Gasteiger charge is -2.33. The Bertz CT molecular complexity index is 3590. The average Bonchev–Trinajstić information content (AvgIpc) is 1.85. The smallest absolute Gasteiger partial charge is 0.305 e. The first-order valence-electron chi connectivity index (χ1n) is 39.3. The summed E-state index contributed by atoms with van der Waals surface area (Å²) in [7, 11) is 0. The van der Waals surface area contributed by atoms with Gasteiger partial charge in [0.1, 0.15) is 54.4 Å². The molecule has 40 heteroatoms. The molecule has 23 N–H and O–H groups in total. The van der Waals surface area contributed by atoms with E-state index in [2.05, 4.69) is 115 Å². The lowest BCUT2D eigenvalue weighted by atomic mass is 10.0. The molecule has 3 fully saturated rings. The third kappa shape index (κ3) is 37.1. The monoisotopic (exact) mass is 1610 g/mol. The molecule has 0 saturated carbocycles. The van der Waals surface area contributed by atoms with Crippen LogP contribution in [0.3, 0.4) is 0 Å². The number of carboxylic acid groups (broad SMARTS) is 2. The van der Waals surface area contributed by atoms with E-state index in [9.17, 15) is 82.1 Å². The Hall–Kier alpha value is -11.1. The molecule has 2 unspecified atom stereocenters. The molecular formula is C75H119N23O17. The summed E-state index contributed by atoms with van der Waals surface area (Å²) in [5, 5.41) is 53.3. The zero-order valence-electron chi connectivity index (χ0n) is 66.0. The van der Waals surface area contributed by atoms with Gasteiger partial charge in [-0.2, -0.15) is 0 Å². The minimum atomic E-state index is -1.70. The summed E-state index contributed by atoms with van der Waals surface area (Å²) in [6.07, 6.45) is -2.00. The van der Waals surface area contributed by atoms with E-state index in [1.54, 1.807) is 60.7 Å². The molecule has 2 aromatic carbocycles. The molecule has 3 heterocycles. The van der Waals surface area contributed by atoms with Crippen molar-refractivity contribution in [3.05, 3.63) is 71.8 Å². The summed E-state index contributed by atoms with van der Waals surface area (Å²) in [6, 6.07) is 3.90. The Balaban J connectivity index is 1.37. The van der Waals surface area contributed by atoms with Crippen LogP contribution in [-0.2, 0) is 84.8 Å². The number of unbranched alkanes of at least 4 members (excludes halogenated alkanes) is 2. The van der Waals surface area contributed by atoms with Crippen molar-refractivity contribution in [1.82, 2.24) is 88.7 Å². The summed E-state index contributed by atoms with van der Waals surface area (Å²) in [5.74, 6) is -14.1. The maximum Gasteiger partial charge on any atom is 0.305 e. The number of amides is 13. The summed E-state index contributed by atoms with van der Waals surface area (Å²) in [4.78, 5) is 223. The molecule has 115 heavy (non-hydrogen) atoms. The molecule has 40 nitrogen and oxygen atoms in total. The largest absolute Gasteiger partial charge is 0.481 e. The number of carbonyl (C=O) groups excluding carboxylic acids is 13. The van der Waals surface area contributed by atoms with Crippen LogP contribution < -0.4 is 92.1 Å². The average molecular weight is 1610 g/mol. The van der Waals surface area contributed by atoms with Crippen molar-refractivity contribution in [2.24, 2.45) is 32.9 Å².